The van der Waals surface area contributed by atoms with Crippen LogP contribution in [0.15, 0.2) is 36.4 Å². The lowest BCUT2D eigenvalue weighted by molar-refractivity contribution is 0.100. The molecule has 0 bridgehead atoms. The van der Waals surface area contributed by atoms with E-state index in [-0.39, 0.29) is 5.82 Å². The van der Waals surface area contributed by atoms with Crippen molar-refractivity contribution in [3.05, 3.63) is 53.3 Å². The Morgan fingerprint density at radius 2 is 2.00 bits per heavy atom. The highest BCUT2D eigenvalue weighted by atomic mass is 19.1. The van der Waals surface area contributed by atoms with Gasteiger partial charge in [0.05, 0.1) is 16.9 Å². The topological polar surface area (TPSA) is 81.1 Å². The fourth-order valence-electron chi connectivity index (χ4n) is 1.82. The molecule has 0 aromatic heterocycles. The number of carbonyl (C=O) groups excluding carboxylic acids is 1. The normalized spacial score (nSPS) is 10.2. The summed E-state index contributed by atoms with van der Waals surface area (Å²) in [6.07, 6.45) is 0. The molecule has 2 rings (SSSR count). The highest BCUT2D eigenvalue weighted by molar-refractivity contribution is 6.02. The van der Waals surface area contributed by atoms with Crippen molar-refractivity contribution in [1.29, 1.82) is 0 Å². The summed E-state index contributed by atoms with van der Waals surface area (Å²) in [5, 5.41) is 3.03. The third-order valence-electron chi connectivity index (χ3n) is 2.81. The molecule has 0 fully saturated rings. The number of aryl methyl sites for hydroxylation is 1. The van der Waals surface area contributed by atoms with Crippen LogP contribution in [-0.2, 0) is 0 Å². The van der Waals surface area contributed by atoms with Gasteiger partial charge in [-0.25, -0.2) is 4.39 Å². The number of nitrogen functional groups attached to an aromatic ring is 1. The van der Waals surface area contributed by atoms with E-state index in [0.29, 0.717) is 28.2 Å². The first kappa shape index (κ1) is 12.9. The van der Waals surface area contributed by atoms with Crippen LogP contribution in [0.4, 0.5) is 21.5 Å². The quantitative estimate of drug-likeness (QED) is 0.741. The van der Waals surface area contributed by atoms with Crippen LogP contribution < -0.4 is 16.8 Å². The first-order valence-electron chi connectivity index (χ1n) is 5.70. The highest BCUT2D eigenvalue weighted by Crippen LogP contribution is 2.28. The Morgan fingerprint density at radius 1 is 1.26 bits per heavy atom. The number of amides is 1. The second kappa shape index (κ2) is 4.97. The number of anilines is 3. The van der Waals surface area contributed by atoms with E-state index in [2.05, 4.69) is 5.32 Å². The second-order valence-electron chi connectivity index (χ2n) is 4.22. The van der Waals surface area contributed by atoms with E-state index in [1.807, 2.05) is 0 Å². The maximum absolute atomic E-state index is 13.0. The van der Waals surface area contributed by atoms with Gasteiger partial charge in [0.1, 0.15) is 5.82 Å². The standard InChI is InChI=1S/C14H14FN3O/c1-8-7-9(15)5-6-12(8)18-13-10(14(17)19)3-2-4-11(13)16/h2-7,18H,16H2,1H3,(H2,17,19). The maximum Gasteiger partial charge on any atom is 0.250 e. The number of halogens is 1. The first-order valence-corrected chi connectivity index (χ1v) is 5.70. The van der Waals surface area contributed by atoms with Crippen LogP contribution >= 0.6 is 0 Å². The van der Waals surface area contributed by atoms with Gasteiger partial charge < -0.3 is 16.8 Å². The lowest BCUT2D eigenvalue weighted by atomic mass is 10.1. The number of para-hydroxylation sites is 1. The predicted octanol–water partition coefficient (Wildman–Crippen LogP) is 2.56. The van der Waals surface area contributed by atoms with Crippen LogP contribution in [0.3, 0.4) is 0 Å². The van der Waals surface area contributed by atoms with Crippen LogP contribution in [-0.4, -0.2) is 5.91 Å². The fourth-order valence-corrected chi connectivity index (χ4v) is 1.82. The molecular weight excluding hydrogens is 245 g/mol. The summed E-state index contributed by atoms with van der Waals surface area (Å²) in [6.45, 7) is 1.76. The van der Waals surface area contributed by atoms with Gasteiger partial charge in [-0.1, -0.05) is 6.07 Å². The Balaban J connectivity index is 2.46. The second-order valence-corrected chi connectivity index (χ2v) is 4.22. The molecule has 0 aliphatic heterocycles. The van der Waals surface area contributed by atoms with E-state index < -0.39 is 5.91 Å². The molecule has 0 radical (unpaired) electrons. The smallest absolute Gasteiger partial charge is 0.250 e. The summed E-state index contributed by atoms with van der Waals surface area (Å²) in [5.41, 5.74) is 13.7. The molecule has 4 nitrogen and oxygen atoms in total. The molecule has 2 aromatic carbocycles. The van der Waals surface area contributed by atoms with Crippen molar-refractivity contribution >= 4 is 23.0 Å². The Kier molecular flexibility index (Phi) is 3.37. The number of nitrogens with two attached hydrogens (primary N) is 2. The third kappa shape index (κ3) is 2.65. The summed E-state index contributed by atoms with van der Waals surface area (Å²) in [6, 6.07) is 9.21. The molecular formula is C14H14FN3O. The zero-order valence-electron chi connectivity index (χ0n) is 10.4. The van der Waals surface area contributed by atoms with Gasteiger partial charge in [-0.3, -0.25) is 4.79 Å². The molecule has 5 N–H and O–H groups in total. The predicted molar refractivity (Wildman–Crippen MR) is 73.8 cm³/mol. The number of primary amides is 1. The van der Waals surface area contributed by atoms with Crippen molar-refractivity contribution < 1.29 is 9.18 Å². The minimum Gasteiger partial charge on any atom is -0.397 e. The molecule has 0 aliphatic carbocycles. The molecule has 0 atom stereocenters. The summed E-state index contributed by atoms with van der Waals surface area (Å²) < 4.78 is 13.0. The van der Waals surface area contributed by atoms with E-state index in [1.54, 1.807) is 31.2 Å². The zero-order valence-corrected chi connectivity index (χ0v) is 10.4. The molecule has 0 saturated heterocycles. The molecule has 2 aromatic rings. The SMILES string of the molecule is Cc1cc(F)ccc1Nc1c(N)cccc1C(N)=O. The molecule has 0 saturated carbocycles. The van der Waals surface area contributed by atoms with Crippen molar-refractivity contribution in [1.82, 2.24) is 0 Å². The molecule has 19 heavy (non-hydrogen) atoms. The van der Waals surface area contributed by atoms with Gasteiger partial charge in [0, 0.05) is 5.69 Å². The first-order chi connectivity index (χ1) is 8.99. The number of carbonyl (C=O) groups is 1. The number of hydrogen-bond donors (Lipinski definition) is 3. The van der Waals surface area contributed by atoms with E-state index >= 15 is 0 Å². The van der Waals surface area contributed by atoms with Gasteiger partial charge >= 0.3 is 0 Å². The molecule has 0 unspecified atom stereocenters. The van der Waals surface area contributed by atoms with E-state index in [0.717, 1.165) is 0 Å². The van der Waals surface area contributed by atoms with Crippen LogP contribution in [0.5, 0.6) is 0 Å². The molecule has 5 heteroatoms. The van der Waals surface area contributed by atoms with Gasteiger partial charge in [0.25, 0.3) is 5.91 Å². The molecule has 1 amide bonds. The average molecular weight is 259 g/mol. The zero-order chi connectivity index (χ0) is 14.0. The number of hydrogen-bond acceptors (Lipinski definition) is 3. The van der Waals surface area contributed by atoms with Crippen LogP contribution in [0.1, 0.15) is 15.9 Å². The summed E-state index contributed by atoms with van der Waals surface area (Å²) in [7, 11) is 0. The third-order valence-corrected chi connectivity index (χ3v) is 2.81. The van der Waals surface area contributed by atoms with Crippen LogP contribution in [0.25, 0.3) is 0 Å². The lowest BCUT2D eigenvalue weighted by Gasteiger charge is -2.14. The molecule has 98 valence electrons. The van der Waals surface area contributed by atoms with Gasteiger partial charge in [0.2, 0.25) is 0 Å². The number of benzene rings is 2. The Morgan fingerprint density at radius 3 is 2.63 bits per heavy atom. The Bertz CT molecular complexity index is 641. The van der Waals surface area contributed by atoms with Crippen molar-refractivity contribution in [2.75, 3.05) is 11.1 Å². The maximum atomic E-state index is 13.0. The molecule has 0 spiro atoms. The summed E-state index contributed by atoms with van der Waals surface area (Å²) in [5.74, 6) is -0.895. The van der Waals surface area contributed by atoms with E-state index in [4.69, 9.17) is 11.5 Å². The minimum absolute atomic E-state index is 0.295. The summed E-state index contributed by atoms with van der Waals surface area (Å²) in [4.78, 5) is 11.4. The Hall–Kier alpha value is -2.56. The number of nitrogens with one attached hydrogen (secondary N) is 1. The van der Waals surface area contributed by atoms with E-state index in [1.165, 1.54) is 12.1 Å². The van der Waals surface area contributed by atoms with Crippen LogP contribution in [0.2, 0.25) is 0 Å². The van der Waals surface area contributed by atoms with Crippen molar-refractivity contribution in [3.8, 4) is 0 Å². The minimum atomic E-state index is -0.574. The average Bonchev–Trinajstić information content (AvgIpc) is 2.34. The Labute approximate surface area is 110 Å². The van der Waals surface area contributed by atoms with Gasteiger partial charge in [0.15, 0.2) is 0 Å². The van der Waals surface area contributed by atoms with Gasteiger partial charge in [-0.2, -0.15) is 0 Å². The van der Waals surface area contributed by atoms with E-state index in [9.17, 15) is 9.18 Å². The highest BCUT2D eigenvalue weighted by Gasteiger charge is 2.12. The molecule has 0 heterocycles. The van der Waals surface area contributed by atoms with Gasteiger partial charge in [-0.05, 0) is 42.8 Å². The van der Waals surface area contributed by atoms with Crippen molar-refractivity contribution in [2.24, 2.45) is 5.73 Å². The van der Waals surface area contributed by atoms with Crippen molar-refractivity contribution in [3.63, 3.8) is 0 Å². The molecule has 0 aliphatic rings. The summed E-state index contributed by atoms with van der Waals surface area (Å²) >= 11 is 0. The van der Waals surface area contributed by atoms with Gasteiger partial charge in [-0.15, -0.1) is 0 Å². The largest absolute Gasteiger partial charge is 0.397 e. The monoisotopic (exact) mass is 259 g/mol. The fraction of sp³-hybridized carbons (Fsp3) is 0.0714. The lowest BCUT2D eigenvalue weighted by Crippen LogP contribution is -2.14. The van der Waals surface area contributed by atoms with Crippen LogP contribution in [0, 0.1) is 12.7 Å². The van der Waals surface area contributed by atoms with Crippen molar-refractivity contribution in [2.45, 2.75) is 6.92 Å². The number of rotatable bonds is 3.